The molecule has 3 atom stereocenters. The van der Waals surface area contributed by atoms with Gasteiger partial charge in [0.2, 0.25) is 0 Å². The first-order valence-electron chi connectivity index (χ1n) is 4.85. The van der Waals surface area contributed by atoms with Gasteiger partial charge in [0.25, 0.3) is 0 Å². The molecule has 0 aromatic heterocycles. The molecule has 3 heteroatoms. The molecule has 1 aromatic carbocycles. The summed E-state index contributed by atoms with van der Waals surface area (Å²) in [5.41, 5.74) is 2.47. The first-order valence-corrected chi connectivity index (χ1v) is 6.02. The van der Waals surface area contributed by atoms with Gasteiger partial charge in [-0.25, -0.2) is 4.21 Å². The van der Waals surface area contributed by atoms with E-state index in [1.54, 1.807) is 0 Å². The zero-order valence-electron chi connectivity index (χ0n) is 8.14. The van der Waals surface area contributed by atoms with Crippen molar-refractivity contribution in [1.82, 2.24) is 0 Å². The predicted molar refractivity (Wildman–Crippen MR) is 57.7 cm³/mol. The molecule has 0 radical (unpaired) electrons. The number of hydrogen-bond donors (Lipinski definition) is 1. The summed E-state index contributed by atoms with van der Waals surface area (Å²) in [6.07, 6.45) is 1.92. The van der Waals surface area contributed by atoms with Crippen molar-refractivity contribution in [2.75, 3.05) is 0 Å². The topological polar surface area (TPSA) is 37.3 Å². The zero-order chi connectivity index (χ0) is 10.1. The van der Waals surface area contributed by atoms with E-state index in [4.69, 9.17) is 4.55 Å². The van der Waals surface area contributed by atoms with Crippen LogP contribution in [-0.4, -0.2) is 14.0 Å². The van der Waals surface area contributed by atoms with Crippen LogP contribution in [0.4, 0.5) is 0 Å². The molecule has 1 fully saturated rings. The largest absolute Gasteiger partial charge is 0.306 e. The molecular weight excluding hydrogens is 196 g/mol. The highest BCUT2D eigenvalue weighted by molar-refractivity contribution is 7.80. The van der Waals surface area contributed by atoms with Gasteiger partial charge in [-0.2, -0.15) is 0 Å². The maximum Gasteiger partial charge on any atom is 0.156 e. The second kappa shape index (κ2) is 3.83. The summed E-state index contributed by atoms with van der Waals surface area (Å²) in [5, 5.41) is -0.0453. The van der Waals surface area contributed by atoms with Crippen molar-refractivity contribution >= 4 is 11.1 Å². The standard InChI is InChI=1S/C11H14O2S/c1-8-4-2-3-5-9(8)10-6-7-11(10)14(12)13/h2-5,10-11H,6-7H2,1H3,(H,12,13). The molecule has 76 valence electrons. The minimum absolute atomic E-state index is 0.0453. The fourth-order valence-electron chi connectivity index (χ4n) is 2.07. The number of aryl methyl sites for hydroxylation is 1. The Labute approximate surface area is 86.6 Å². The molecule has 14 heavy (non-hydrogen) atoms. The normalized spacial score (nSPS) is 28.1. The minimum atomic E-state index is -1.66. The molecule has 3 unspecified atom stereocenters. The van der Waals surface area contributed by atoms with Gasteiger partial charge in [-0.3, -0.25) is 0 Å². The van der Waals surface area contributed by atoms with Gasteiger partial charge < -0.3 is 4.55 Å². The number of rotatable bonds is 2. The lowest BCUT2D eigenvalue weighted by Crippen LogP contribution is -2.33. The van der Waals surface area contributed by atoms with Gasteiger partial charge in [0, 0.05) is 5.92 Å². The van der Waals surface area contributed by atoms with E-state index < -0.39 is 11.1 Å². The van der Waals surface area contributed by atoms with E-state index in [9.17, 15) is 4.21 Å². The summed E-state index contributed by atoms with van der Waals surface area (Å²) in [5.74, 6) is 0.294. The monoisotopic (exact) mass is 210 g/mol. The lowest BCUT2D eigenvalue weighted by molar-refractivity contribution is 0.401. The van der Waals surface area contributed by atoms with Gasteiger partial charge in [0.15, 0.2) is 11.1 Å². The molecule has 0 saturated heterocycles. The molecule has 1 aliphatic carbocycles. The average Bonchev–Trinajstić information content (AvgIpc) is 2.05. The Hall–Kier alpha value is -0.670. The van der Waals surface area contributed by atoms with Gasteiger partial charge in [-0.05, 0) is 30.9 Å². The molecule has 0 spiro atoms. The van der Waals surface area contributed by atoms with Crippen LogP contribution in [0.15, 0.2) is 24.3 Å². The molecule has 0 bridgehead atoms. The van der Waals surface area contributed by atoms with Crippen LogP contribution in [0.25, 0.3) is 0 Å². The van der Waals surface area contributed by atoms with E-state index in [1.807, 2.05) is 12.1 Å². The maximum atomic E-state index is 11.0. The second-order valence-corrected chi connectivity index (χ2v) is 5.01. The van der Waals surface area contributed by atoms with Gasteiger partial charge in [-0.15, -0.1) is 0 Å². The van der Waals surface area contributed by atoms with Crippen molar-refractivity contribution in [3.8, 4) is 0 Å². The number of benzene rings is 1. The summed E-state index contributed by atoms with van der Waals surface area (Å²) in [4.78, 5) is 0. The Morgan fingerprint density at radius 2 is 2.07 bits per heavy atom. The smallest absolute Gasteiger partial charge is 0.156 e. The van der Waals surface area contributed by atoms with E-state index in [2.05, 4.69) is 19.1 Å². The van der Waals surface area contributed by atoms with Gasteiger partial charge >= 0.3 is 0 Å². The molecular formula is C11H14O2S. The van der Waals surface area contributed by atoms with Crippen molar-refractivity contribution < 1.29 is 8.76 Å². The number of hydrogen-bond acceptors (Lipinski definition) is 1. The molecule has 0 aliphatic heterocycles. The SMILES string of the molecule is Cc1ccccc1C1CCC1S(=O)O. The van der Waals surface area contributed by atoms with E-state index >= 15 is 0 Å². The van der Waals surface area contributed by atoms with Crippen molar-refractivity contribution in [3.05, 3.63) is 35.4 Å². The average molecular weight is 210 g/mol. The Morgan fingerprint density at radius 3 is 2.57 bits per heavy atom. The molecule has 1 N–H and O–H groups in total. The van der Waals surface area contributed by atoms with Crippen LogP contribution >= 0.6 is 0 Å². The first-order chi connectivity index (χ1) is 6.70. The molecule has 2 rings (SSSR count). The lowest BCUT2D eigenvalue weighted by Gasteiger charge is -2.35. The van der Waals surface area contributed by atoms with Crippen molar-refractivity contribution in [2.45, 2.75) is 30.9 Å². The molecule has 0 heterocycles. The predicted octanol–water partition coefficient (Wildman–Crippen LogP) is 2.46. The van der Waals surface area contributed by atoms with E-state index in [0.29, 0.717) is 5.92 Å². The Balaban J connectivity index is 2.24. The van der Waals surface area contributed by atoms with E-state index in [-0.39, 0.29) is 5.25 Å². The highest BCUT2D eigenvalue weighted by Gasteiger charge is 2.36. The van der Waals surface area contributed by atoms with Gasteiger partial charge in [0.05, 0.1) is 5.25 Å². The first kappa shape index (κ1) is 9.87. The van der Waals surface area contributed by atoms with Crippen LogP contribution in [0.5, 0.6) is 0 Å². The summed E-state index contributed by atoms with van der Waals surface area (Å²) < 4.78 is 20.1. The highest BCUT2D eigenvalue weighted by atomic mass is 32.2. The molecule has 1 aromatic rings. The van der Waals surface area contributed by atoms with Crippen molar-refractivity contribution in [3.63, 3.8) is 0 Å². The summed E-state index contributed by atoms with van der Waals surface area (Å²) in [6.45, 7) is 2.06. The Morgan fingerprint density at radius 1 is 1.36 bits per heavy atom. The molecule has 0 amide bonds. The van der Waals surface area contributed by atoms with Crippen LogP contribution in [0.1, 0.15) is 29.9 Å². The third-order valence-electron chi connectivity index (χ3n) is 3.06. The minimum Gasteiger partial charge on any atom is -0.306 e. The van der Waals surface area contributed by atoms with E-state index in [0.717, 1.165) is 12.8 Å². The maximum absolute atomic E-state index is 11.0. The van der Waals surface area contributed by atoms with Crippen molar-refractivity contribution in [1.29, 1.82) is 0 Å². The fourth-order valence-corrected chi connectivity index (χ4v) is 2.97. The van der Waals surface area contributed by atoms with Gasteiger partial charge in [0.1, 0.15) is 0 Å². The third-order valence-corrected chi connectivity index (χ3v) is 4.14. The fraction of sp³-hybridized carbons (Fsp3) is 0.455. The summed E-state index contributed by atoms with van der Waals surface area (Å²) in [6, 6.07) is 8.13. The quantitative estimate of drug-likeness (QED) is 0.761. The highest BCUT2D eigenvalue weighted by Crippen LogP contribution is 2.40. The van der Waals surface area contributed by atoms with Crippen LogP contribution < -0.4 is 0 Å². The zero-order valence-corrected chi connectivity index (χ0v) is 8.96. The molecule has 2 nitrogen and oxygen atoms in total. The summed E-state index contributed by atoms with van der Waals surface area (Å²) >= 11 is -1.66. The van der Waals surface area contributed by atoms with Crippen LogP contribution in [0.2, 0.25) is 0 Å². The van der Waals surface area contributed by atoms with Gasteiger partial charge in [-0.1, -0.05) is 24.3 Å². The summed E-state index contributed by atoms with van der Waals surface area (Å²) in [7, 11) is 0. The van der Waals surface area contributed by atoms with Crippen LogP contribution in [-0.2, 0) is 11.1 Å². The van der Waals surface area contributed by atoms with E-state index in [1.165, 1.54) is 11.1 Å². The Bertz CT molecular complexity index is 362. The molecule has 1 aliphatic rings. The van der Waals surface area contributed by atoms with Crippen molar-refractivity contribution in [2.24, 2.45) is 0 Å². The lowest BCUT2D eigenvalue weighted by atomic mass is 9.78. The Kier molecular flexibility index (Phi) is 2.70. The van der Waals surface area contributed by atoms with Crippen LogP contribution in [0, 0.1) is 6.92 Å². The van der Waals surface area contributed by atoms with Crippen LogP contribution in [0.3, 0.4) is 0 Å². The second-order valence-electron chi connectivity index (χ2n) is 3.86. The molecule has 1 saturated carbocycles. The third kappa shape index (κ3) is 1.62.